The zero-order valence-electron chi connectivity index (χ0n) is 30.1. The molecule has 53 heavy (non-hydrogen) atoms. The number of benzene rings is 2. The Bertz CT molecular complexity index is 1810. The minimum Gasteiger partial charge on any atom is -0.458 e. The monoisotopic (exact) mass is 735 g/mol. The van der Waals surface area contributed by atoms with E-state index >= 15 is 0 Å². The summed E-state index contributed by atoms with van der Waals surface area (Å²) in [6.45, 7) is 3.93. The quantitative estimate of drug-likeness (QED) is 0.198. The summed E-state index contributed by atoms with van der Waals surface area (Å²) < 4.78 is 31.6. The average Bonchev–Trinajstić information content (AvgIpc) is 3.59. The molecule has 0 amide bonds. The number of non-ortho nitro benzene ring substituents is 2. The van der Waals surface area contributed by atoms with Crippen molar-refractivity contribution < 1.29 is 48.2 Å². The molecule has 1 heterocycles. The summed E-state index contributed by atoms with van der Waals surface area (Å²) in [5.41, 5.74) is -2.47. The molecule has 8 rings (SSSR count). The van der Waals surface area contributed by atoms with Crippen molar-refractivity contribution in [3.05, 3.63) is 79.9 Å². The number of aliphatic hydroxyl groups is 1. The number of carbonyl (C=O) groups excluding carboxylic acids is 2. The Hall–Kier alpha value is -4.02. The van der Waals surface area contributed by atoms with Crippen molar-refractivity contribution in [3.63, 3.8) is 0 Å². The third-order valence-corrected chi connectivity index (χ3v) is 14.2. The number of nitro benzene ring substituents is 2. The Morgan fingerprint density at radius 2 is 1.49 bits per heavy atom. The van der Waals surface area contributed by atoms with Crippen LogP contribution in [0.4, 0.5) is 11.4 Å². The van der Waals surface area contributed by atoms with Crippen LogP contribution in [0.15, 0.2) is 48.5 Å². The van der Waals surface area contributed by atoms with E-state index in [0.717, 1.165) is 6.54 Å². The summed E-state index contributed by atoms with van der Waals surface area (Å²) in [6, 6.07) is 10.4. The molecule has 13 atom stereocenters. The minimum atomic E-state index is -1.39. The van der Waals surface area contributed by atoms with E-state index in [0.29, 0.717) is 38.8 Å². The largest absolute Gasteiger partial charge is 0.458 e. The van der Waals surface area contributed by atoms with Crippen LogP contribution in [-0.4, -0.2) is 109 Å². The van der Waals surface area contributed by atoms with Gasteiger partial charge in [0.25, 0.3) is 11.4 Å². The number of fused-ring (bicyclic) bond motifs is 2. The molecular formula is C38H45N3O12. The highest BCUT2D eigenvalue weighted by molar-refractivity contribution is 5.90. The van der Waals surface area contributed by atoms with Crippen LogP contribution in [0, 0.1) is 60.6 Å². The number of hydrogen-bond donors (Lipinski definition) is 1. The molecule has 6 fully saturated rings. The molecule has 6 aliphatic rings. The molecule has 284 valence electrons. The number of methoxy groups -OCH3 is 3. The fourth-order valence-corrected chi connectivity index (χ4v) is 12.8. The highest BCUT2D eigenvalue weighted by Gasteiger charge is 2.87. The van der Waals surface area contributed by atoms with Crippen molar-refractivity contribution in [3.8, 4) is 0 Å². The first-order valence-electron chi connectivity index (χ1n) is 18.3. The Kier molecular flexibility index (Phi) is 8.69. The molecule has 15 nitrogen and oxygen atoms in total. The van der Waals surface area contributed by atoms with Crippen LogP contribution in [-0.2, 0) is 23.7 Å². The number of ether oxygens (including phenoxy) is 5. The molecule has 2 aromatic carbocycles. The average molecular weight is 736 g/mol. The van der Waals surface area contributed by atoms with Gasteiger partial charge in [0, 0.05) is 99.1 Å². The summed E-state index contributed by atoms with van der Waals surface area (Å²) in [4.78, 5) is 51.9. The first-order chi connectivity index (χ1) is 25.4. The lowest BCUT2D eigenvalue weighted by Crippen LogP contribution is -2.76. The molecule has 5 saturated carbocycles. The van der Waals surface area contributed by atoms with Crippen LogP contribution in [0.1, 0.15) is 53.3 Å². The molecule has 1 saturated heterocycles. The lowest BCUT2D eigenvalue weighted by atomic mass is 9.43. The van der Waals surface area contributed by atoms with Crippen LogP contribution in [0.5, 0.6) is 0 Å². The predicted octanol–water partition coefficient (Wildman–Crippen LogP) is 4.05. The van der Waals surface area contributed by atoms with E-state index in [1.165, 1.54) is 48.5 Å². The number of esters is 2. The predicted molar refractivity (Wildman–Crippen MR) is 185 cm³/mol. The van der Waals surface area contributed by atoms with Gasteiger partial charge in [-0.1, -0.05) is 6.92 Å². The highest BCUT2D eigenvalue weighted by Crippen LogP contribution is 2.79. The van der Waals surface area contributed by atoms with E-state index in [1.807, 2.05) is 0 Å². The van der Waals surface area contributed by atoms with Gasteiger partial charge < -0.3 is 28.8 Å². The van der Waals surface area contributed by atoms with Gasteiger partial charge in [0.2, 0.25) is 0 Å². The van der Waals surface area contributed by atoms with Crippen molar-refractivity contribution in [2.24, 2.45) is 40.4 Å². The molecule has 2 aromatic rings. The second kappa shape index (κ2) is 12.8. The second-order valence-electron chi connectivity index (χ2n) is 15.9. The summed E-state index contributed by atoms with van der Waals surface area (Å²) in [6.07, 6.45) is -0.233. The maximum atomic E-state index is 14.0. The molecule has 5 aliphatic carbocycles. The number of piperidine rings is 1. The molecule has 1 unspecified atom stereocenters. The fraction of sp³-hybridized carbons (Fsp3) is 0.632. The van der Waals surface area contributed by atoms with Crippen molar-refractivity contribution in [1.29, 1.82) is 0 Å². The van der Waals surface area contributed by atoms with Crippen molar-refractivity contribution in [2.75, 3.05) is 41.0 Å². The zero-order chi connectivity index (χ0) is 37.6. The van der Waals surface area contributed by atoms with E-state index in [4.69, 9.17) is 23.7 Å². The molecular weight excluding hydrogens is 690 g/mol. The first-order valence-corrected chi connectivity index (χ1v) is 18.3. The third-order valence-electron chi connectivity index (χ3n) is 14.2. The Morgan fingerprint density at radius 3 is 2.02 bits per heavy atom. The topological polar surface area (TPSA) is 190 Å². The van der Waals surface area contributed by atoms with E-state index in [-0.39, 0.29) is 46.3 Å². The lowest BCUT2D eigenvalue weighted by molar-refractivity contribution is -0.385. The van der Waals surface area contributed by atoms with Gasteiger partial charge in [0.15, 0.2) is 0 Å². The van der Waals surface area contributed by atoms with Crippen LogP contribution in [0.2, 0.25) is 0 Å². The maximum absolute atomic E-state index is 14.0. The number of likely N-dealkylation sites (tertiary alicyclic amines) is 1. The lowest BCUT2D eigenvalue weighted by Gasteiger charge is -2.68. The SMILES string of the molecule is CCN1C[C@]2(COC)CC[C@H](OC(=O)c3ccc([N+](=O)[O-])cc3)[C@]34C1[C@H]([C@H](OC)[C@H]23)[C@@]1(O)C[C@H](OC)[C@H]2C[C@@H]4[C@@H]1[C@H]2OC(=O)c1ccc([N+](=O)[O-])cc1. The number of carbonyl (C=O) groups is 2. The number of nitrogens with zero attached hydrogens (tertiary/aromatic N) is 3. The Labute approximate surface area is 306 Å². The fourth-order valence-electron chi connectivity index (χ4n) is 12.8. The molecule has 15 heteroatoms. The molecule has 1 N–H and O–H groups in total. The maximum Gasteiger partial charge on any atom is 0.338 e. The standard InChI is InChI=1S/C38H45N3O12/c1-5-39-18-36(19-49-2)15-14-27(52-34(42)20-6-10-22(11-7-20)40(45)46)38-25-16-24-26(50-3)17-37(44,29(33(38)39)31(51-4)32(36)38)28(25)30(24)53-35(43)21-8-12-23(13-9-21)41(47)48/h6-13,24-33,44H,5,14-19H2,1-4H3/t24-,25-,26+,27+,28-,29+,30+,31+,32-,33?,36+,37-,38+/m1/s1. The summed E-state index contributed by atoms with van der Waals surface area (Å²) in [7, 11) is 4.97. The van der Waals surface area contributed by atoms with Crippen LogP contribution >= 0.6 is 0 Å². The van der Waals surface area contributed by atoms with Crippen molar-refractivity contribution >= 4 is 23.3 Å². The van der Waals surface area contributed by atoms with Gasteiger partial charge in [-0.25, -0.2) is 9.59 Å². The zero-order valence-corrected chi connectivity index (χ0v) is 30.1. The summed E-state index contributed by atoms with van der Waals surface area (Å²) >= 11 is 0. The molecule has 0 aromatic heterocycles. The van der Waals surface area contributed by atoms with Gasteiger partial charge in [-0.3, -0.25) is 25.1 Å². The van der Waals surface area contributed by atoms with Gasteiger partial charge in [-0.05, 0) is 56.0 Å². The van der Waals surface area contributed by atoms with Gasteiger partial charge in [-0.15, -0.1) is 0 Å². The second-order valence-corrected chi connectivity index (χ2v) is 15.9. The Balaban J connectivity index is 1.26. The number of rotatable bonds is 11. The Morgan fingerprint density at radius 1 is 0.887 bits per heavy atom. The van der Waals surface area contributed by atoms with E-state index in [2.05, 4.69) is 11.8 Å². The van der Waals surface area contributed by atoms with Gasteiger partial charge in [-0.2, -0.15) is 0 Å². The van der Waals surface area contributed by atoms with Crippen molar-refractivity contribution in [2.45, 2.75) is 68.7 Å². The molecule has 0 radical (unpaired) electrons. The van der Waals surface area contributed by atoms with E-state index < -0.39 is 74.5 Å². The highest BCUT2D eigenvalue weighted by atomic mass is 16.6. The summed E-state index contributed by atoms with van der Waals surface area (Å²) in [5.74, 6) is -3.02. The van der Waals surface area contributed by atoms with Gasteiger partial charge in [0.1, 0.15) is 12.2 Å². The van der Waals surface area contributed by atoms with Crippen LogP contribution in [0.25, 0.3) is 0 Å². The number of nitro groups is 2. The van der Waals surface area contributed by atoms with Crippen molar-refractivity contribution in [1.82, 2.24) is 4.90 Å². The normalized spacial score (nSPS) is 40.4. The first kappa shape index (κ1) is 36.0. The van der Waals surface area contributed by atoms with Crippen LogP contribution < -0.4 is 0 Å². The molecule has 1 spiro atoms. The number of hydrogen-bond acceptors (Lipinski definition) is 13. The summed E-state index contributed by atoms with van der Waals surface area (Å²) in [5, 5.41) is 36.0. The van der Waals surface area contributed by atoms with Crippen LogP contribution in [0.3, 0.4) is 0 Å². The van der Waals surface area contributed by atoms with Gasteiger partial charge >= 0.3 is 11.9 Å². The van der Waals surface area contributed by atoms with E-state index in [9.17, 15) is 34.9 Å². The van der Waals surface area contributed by atoms with Gasteiger partial charge in [0.05, 0.1) is 45.4 Å². The minimum absolute atomic E-state index is 0.136. The van der Waals surface area contributed by atoms with E-state index in [1.54, 1.807) is 21.3 Å². The smallest absolute Gasteiger partial charge is 0.338 e. The molecule has 7 bridgehead atoms. The third kappa shape index (κ3) is 4.89. The molecule has 1 aliphatic heterocycles.